The van der Waals surface area contributed by atoms with Gasteiger partial charge in [-0.1, -0.05) is 30.3 Å². The van der Waals surface area contributed by atoms with Crippen LogP contribution in [0.2, 0.25) is 0 Å². The number of rotatable bonds is 5. The molecule has 19 heavy (non-hydrogen) atoms. The van der Waals surface area contributed by atoms with Crippen molar-refractivity contribution >= 4 is 0 Å². The molecule has 0 bridgehead atoms. The number of hydrogen-bond acceptors (Lipinski definition) is 2. The van der Waals surface area contributed by atoms with Crippen LogP contribution in [0.25, 0.3) is 0 Å². The molecule has 0 aromatic heterocycles. The van der Waals surface area contributed by atoms with Gasteiger partial charge in [0.2, 0.25) is 6.43 Å². The van der Waals surface area contributed by atoms with E-state index in [9.17, 15) is 8.78 Å². The van der Waals surface area contributed by atoms with Crippen LogP contribution in [0.5, 0.6) is 11.5 Å². The minimum absolute atomic E-state index is 0.334. The first-order chi connectivity index (χ1) is 9.15. The van der Waals surface area contributed by atoms with Crippen LogP contribution < -0.4 is 10.5 Å². The third-order valence-corrected chi connectivity index (χ3v) is 2.72. The lowest BCUT2D eigenvalue weighted by Crippen LogP contribution is -2.13. The molecule has 0 aliphatic carbocycles. The molecular weight excluding hydrogens is 248 g/mol. The van der Waals surface area contributed by atoms with Crippen molar-refractivity contribution in [2.24, 2.45) is 5.73 Å². The number of halogens is 2. The van der Waals surface area contributed by atoms with Gasteiger partial charge >= 0.3 is 0 Å². The lowest BCUT2D eigenvalue weighted by Gasteiger charge is -2.12. The van der Waals surface area contributed by atoms with Crippen LogP contribution in [0.3, 0.4) is 0 Å². The molecule has 4 heteroatoms. The molecule has 0 heterocycles. The fourth-order valence-corrected chi connectivity index (χ4v) is 1.74. The summed E-state index contributed by atoms with van der Waals surface area (Å²) in [6.07, 6.45) is -2.73. The maximum atomic E-state index is 12.2. The molecule has 2 nitrogen and oxygen atoms in total. The summed E-state index contributed by atoms with van der Waals surface area (Å²) in [7, 11) is 0. The molecule has 0 radical (unpaired) electrons. The Bertz CT molecular complexity index is 499. The number of para-hydroxylation sites is 1. The Kier molecular flexibility index (Phi) is 4.47. The monoisotopic (exact) mass is 263 g/mol. The Hall–Kier alpha value is -1.94. The van der Waals surface area contributed by atoms with E-state index in [0.717, 1.165) is 5.75 Å². The topological polar surface area (TPSA) is 35.2 Å². The Morgan fingerprint density at radius 3 is 2.05 bits per heavy atom. The zero-order valence-corrected chi connectivity index (χ0v) is 10.3. The van der Waals surface area contributed by atoms with Crippen molar-refractivity contribution in [3.8, 4) is 11.5 Å². The van der Waals surface area contributed by atoms with E-state index >= 15 is 0 Å². The maximum Gasteiger partial charge on any atom is 0.240 e. The molecule has 0 unspecified atom stereocenters. The normalized spacial score (nSPS) is 12.4. The number of hydrogen-bond donors (Lipinski definition) is 1. The highest BCUT2D eigenvalue weighted by molar-refractivity contribution is 5.33. The SMILES string of the molecule is N[C@H](CC(F)F)c1ccc(Oc2ccccc2)cc1. The van der Waals surface area contributed by atoms with Crippen LogP contribution in [-0.4, -0.2) is 6.43 Å². The van der Waals surface area contributed by atoms with Crippen molar-refractivity contribution in [1.82, 2.24) is 0 Å². The van der Waals surface area contributed by atoms with Crippen LogP contribution in [0, 0.1) is 0 Å². The number of alkyl halides is 2. The predicted octanol–water partition coefficient (Wildman–Crippen LogP) is 4.13. The van der Waals surface area contributed by atoms with E-state index in [2.05, 4.69) is 0 Å². The summed E-state index contributed by atoms with van der Waals surface area (Å²) in [4.78, 5) is 0. The highest BCUT2D eigenvalue weighted by Gasteiger charge is 2.12. The second-order valence-corrected chi connectivity index (χ2v) is 4.22. The Morgan fingerprint density at radius 1 is 0.895 bits per heavy atom. The second kappa shape index (κ2) is 6.29. The van der Waals surface area contributed by atoms with Crippen molar-refractivity contribution < 1.29 is 13.5 Å². The third-order valence-electron chi connectivity index (χ3n) is 2.72. The molecule has 0 fully saturated rings. The smallest absolute Gasteiger partial charge is 0.240 e. The minimum Gasteiger partial charge on any atom is -0.457 e. The van der Waals surface area contributed by atoms with Crippen molar-refractivity contribution in [2.45, 2.75) is 18.9 Å². The molecule has 100 valence electrons. The van der Waals surface area contributed by atoms with E-state index in [-0.39, 0.29) is 6.42 Å². The van der Waals surface area contributed by atoms with Gasteiger partial charge in [-0.15, -0.1) is 0 Å². The molecule has 0 amide bonds. The quantitative estimate of drug-likeness (QED) is 0.880. The van der Waals surface area contributed by atoms with Gasteiger partial charge in [0.05, 0.1) is 0 Å². The third kappa shape index (κ3) is 4.03. The first-order valence-corrected chi connectivity index (χ1v) is 6.02. The summed E-state index contributed by atoms with van der Waals surface area (Å²) in [5.41, 5.74) is 6.36. The van der Waals surface area contributed by atoms with Gasteiger partial charge in [-0.3, -0.25) is 0 Å². The molecule has 0 aliphatic rings. The van der Waals surface area contributed by atoms with Gasteiger partial charge in [-0.2, -0.15) is 0 Å². The summed E-state index contributed by atoms with van der Waals surface area (Å²) >= 11 is 0. The van der Waals surface area contributed by atoms with E-state index in [1.165, 1.54) is 0 Å². The fraction of sp³-hybridized carbons (Fsp3) is 0.200. The van der Waals surface area contributed by atoms with Gasteiger partial charge in [0, 0.05) is 12.5 Å². The van der Waals surface area contributed by atoms with Crippen molar-refractivity contribution in [3.05, 3.63) is 60.2 Å². The largest absolute Gasteiger partial charge is 0.457 e. The van der Waals surface area contributed by atoms with E-state index in [4.69, 9.17) is 10.5 Å². The fourth-order valence-electron chi connectivity index (χ4n) is 1.74. The van der Waals surface area contributed by atoms with E-state index in [1.54, 1.807) is 24.3 Å². The molecule has 2 rings (SSSR count). The van der Waals surface area contributed by atoms with Gasteiger partial charge in [0.15, 0.2) is 0 Å². The molecule has 2 aromatic rings. The molecule has 0 saturated carbocycles. The summed E-state index contributed by atoms with van der Waals surface area (Å²) in [6, 6.07) is 15.6. The van der Waals surface area contributed by atoms with Crippen LogP contribution >= 0.6 is 0 Å². The highest BCUT2D eigenvalue weighted by Crippen LogP contribution is 2.24. The van der Waals surface area contributed by atoms with Crippen LogP contribution in [-0.2, 0) is 0 Å². The lowest BCUT2D eigenvalue weighted by molar-refractivity contribution is 0.128. The molecule has 2 aromatic carbocycles. The zero-order valence-electron chi connectivity index (χ0n) is 10.3. The van der Waals surface area contributed by atoms with Gasteiger partial charge in [-0.25, -0.2) is 8.78 Å². The summed E-state index contributed by atoms with van der Waals surface area (Å²) in [5.74, 6) is 1.38. The number of ether oxygens (including phenoxy) is 1. The maximum absolute atomic E-state index is 12.2. The summed E-state index contributed by atoms with van der Waals surface area (Å²) in [6.45, 7) is 0. The molecule has 0 saturated heterocycles. The average Bonchev–Trinajstić information content (AvgIpc) is 2.40. The van der Waals surface area contributed by atoms with Gasteiger partial charge in [0.25, 0.3) is 0 Å². The Labute approximate surface area is 110 Å². The second-order valence-electron chi connectivity index (χ2n) is 4.22. The summed E-state index contributed by atoms with van der Waals surface area (Å²) < 4.78 is 30.1. The van der Waals surface area contributed by atoms with Crippen molar-refractivity contribution in [2.75, 3.05) is 0 Å². The lowest BCUT2D eigenvalue weighted by atomic mass is 10.1. The summed E-state index contributed by atoms with van der Waals surface area (Å²) in [5, 5.41) is 0. The average molecular weight is 263 g/mol. The number of benzene rings is 2. The first kappa shape index (κ1) is 13.5. The molecule has 0 spiro atoms. The van der Waals surface area contributed by atoms with Gasteiger partial charge in [-0.05, 0) is 29.8 Å². The Balaban J connectivity index is 2.02. The molecular formula is C15H15F2NO. The van der Waals surface area contributed by atoms with Crippen LogP contribution in [0.15, 0.2) is 54.6 Å². The Morgan fingerprint density at radius 2 is 1.47 bits per heavy atom. The van der Waals surface area contributed by atoms with E-state index < -0.39 is 12.5 Å². The zero-order chi connectivity index (χ0) is 13.7. The standard InChI is InChI=1S/C15H15F2NO/c16-15(17)10-14(18)11-6-8-13(9-7-11)19-12-4-2-1-3-5-12/h1-9,14-15H,10,18H2/t14-/m1/s1. The van der Waals surface area contributed by atoms with Gasteiger partial charge in [0.1, 0.15) is 11.5 Å². The van der Waals surface area contributed by atoms with E-state index in [1.807, 2.05) is 30.3 Å². The molecule has 0 aliphatic heterocycles. The van der Waals surface area contributed by atoms with E-state index in [0.29, 0.717) is 11.3 Å². The van der Waals surface area contributed by atoms with Crippen LogP contribution in [0.1, 0.15) is 18.0 Å². The van der Waals surface area contributed by atoms with Gasteiger partial charge < -0.3 is 10.5 Å². The van der Waals surface area contributed by atoms with Crippen LogP contribution in [0.4, 0.5) is 8.78 Å². The minimum atomic E-state index is -2.39. The van der Waals surface area contributed by atoms with Crippen molar-refractivity contribution in [1.29, 1.82) is 0 Å². The predicted molar refractivity (Wildman–Crippen MR) is 70.5 cm³/mol. The highest BCUT2D eigenvalue weighted by atomic mass is 19.3. The first-order valence-electron chi connectivity index (χ1n) is 6.02. The van der Waals surface area contributed by atoms with Crippen molar-refractivity contribution in [3.63, 3.8) is 0 Å². The molecule has 2 N–H and O–H groups in total. The number of nitrogens with two attached hydrogens (primary N) is 1. The molecule has 1 atom stereocenters.